The topological polar surface area (TPSA) is 66.6 Å². The Morgan fingerprint density at radius 1 is 1.65 bits per heavy atom. The molecule has 0 amide bonds. The van der Waals surface area contributed by atoms with Crippen LogP contribution in [0.2, 0.25) is 0 Å². The van der Waals surface area contributed by atoms with Crippen LogP contribution in [0.15, 0.2) is 28.1 Å². The predicted molar refractivity (Wildman–Crippen MR) is 75.5 cm³/mol. The van der Waals surface area contributed by atoms with Gasteiger partial charge in [-0.1, -0.05) is 11.2 Å². The molecule has 1 fully saturated rings. The summed E-state index contributed by atoms with van der Waals surface area (Å²) in [6.07, 6.45) is 2.13. The summed E-state index contributed by atoms with van der Waals surface area (Å²) in [6.45, 7) is 2.24. The van der Waals surface area contributed by atoms with Crippen molar-refractivity contribution in [3.8, 4) is 10.6 Å². The smallest absolute Gasteiger partial charge is 0.320 e. The number of carboxylic acid groups (broad SMARTS) is 1. The van der Waals surface area contributed by atoms with Crippen molar-refractivity contribution in [3.05, 3.63) is 29.3 Å². The van der Waals surface area contributed by atoms with Gasteiger partial charge in [0.2, 0.25) is 0 Å². The fraction of sp³-hybridized carbons (Fsp3) is 0.429. The predicted octanol–water partition coefficient (Wildman–Crippen LogP) is 2.84. The van der Waals surface area contributed by atoms with Gasteiger partial charge < -0.3 is 9.63 Å². The van der Waals surface area contributed by atoms with Crippen LogP contribution in [0.4, 0.5) is 0 Å². The zero-order valence-corrected chi connectivity index (χ0v) is 12.0. The quantitative estimate of drug-likeness (QED) is 0.886. The highest BCUT2D eigenvalue weighted by molar-refractivity contribution is 7.13. The van der Waals surface area contributed by atoms with Gasteiger partial charge in [0.05, 0.1) is 10.6 Å². The van der Waals surface area contributed by atoms with Gasteiger partial charge in [-0.3, -0.25) is 9.69 Å². The second-order valence-corrected chi connectivity index (χ2v) is 6.03. The number of hydrogen-bond donors (Lipinski definition) is 1. The highest BCUT2D eigenvalue weighted by Crippen LogP contribution is 2.31. The highest BCUT2D eigenvalue weighted by atomic mass is 32.1. The van der Waals surface area contributed by atoms with E-state index in [0.29, 0.717) is 12.6 Å². The lowest BCUT2D eigenvalue weighted by atomic mass is 10.2. The number of rotatable bonds is 6. The van der Waals surface area contributed by atoms with Gasteiger partial charge in [0.15, 0.2) is 5.76 Å². The summed E-state index contributed by atoms with van der Waals surface area (Å²) < 4.78 is 5.34. The van der Waals surface area contributed by atoms with E-state index < -0.39 is 12.0 Å². The zero-order chi connectivity index (χ0) is 14.1. The Bertz CT molecular complexity index is 589. The summed E-state index contributed by atoms with van der Waals surface area (Å²) >= 11 is 1.60. The molecule has 0 aromatic carbocycles. The van der Waals surface area contributed by atoms with E-state index in [9.17, 15) is 9.90 Å². The standard InChI is InChI=1S/C14H16N2O3S/c1-9(14(17)18)16(11-4-5-11)8-10-7-12(19-15-10)13-3-2-6-20-13/h2-3,6-7,9,11H,4-5,8H2,1H3,(H,17,18). The fourth-order valence-electron chi connectivity index (χ4n) is 2.24. The van der Waals surface area contributed by atoms with E-state index in [1.165, 1.54) is 0 Å². The van der Waals surface area contributed by atoms with Crippen LogP contribution in [0, 0.1) is 0 Å². The number of carboxylic acids is 1. The Kier molecular flexibility index (Phi) is 3.58. The van der Waals surface area contributed by atoms with Crippen LogP contribution in [0.3, 0.4) is 0 Å². The van der Waals surface area contributed by atoms with Gasteiger partial charge in [-0.05, 0) is 31.2 Å². The number of hydrogen-bond acceptors (Lipinski definition) is 5. The van der Waals surface area contributed by atoms with Gasteiger partial charge in [0.1, 0.15) is 6.04 Å². The molecule has 1 aliphatic carbocycles. The van der Waals surface area contributed by atoms with E-state index in [0.717, 1.165) is 29.2 Å². The third kappa shape index (κ3) is 2.76. The lowest BCUT2D eigenvalue weighted by Gasteiger charge is -2.24. The molecule has 5 nitrogen and oxygen atoms in total. The van der Waals surface area contributed by atoms with Gasteiger partial charge in [-0.25, -0.2) is 0 Å². The van der Waals surface area contributed by atoms with Gasteiger partial charge in [-0.2, -0.15) is 0 Å². The van der Waals surface area contributed by atoms with Crippen molar-refractivity contribution >= 4 is 17.3 Å². The summed E-state index contributed by atoms with van der Waals surface area (Å²) in [4.78, 5) is 14.2. The van der Waals surface area contributed by atoms with Crippen LogP contribution in [0.25, 0.3) is 10.6 Å². The number of nitrogens with zero attached hydrogens (tertiary/aromatic N) is 2. The Morgan fingerprint density at radius 2 is 2.45 bits per heavy atom. The molecule has 1 saturated carbocycles. The van der Waals surface area contributed by atoms with Crippen molar-refractivity contribution in [3.63, 3.8) is 0 Å². The van der Waals surface area contributed by atoms with Crippen molar-refractivity contribution in [1.29, 1.82) is 0 Å². The maximum Gasteiger partial charge on any atom is 0.320 e. The second-order valence-electron chi connectivity index (χ2n) is 5.08. The normalized spacial score (nSPS) is 16.5. The van der Waals surface area contributed by atoms with Gasteiger partial charge in [0, 0.05) is 18.7 Å². The third-order valence-corrected chi connectivity index (χ3v) is 4.42. The molecule has 0 radical (unpaired) electrons. The first-order valence-electron chi connectivity index (χ1n) is 6.63. The van der Waals surface area contributed by atoms with Crippen molar-refractivity contribution in [2.24, 2.45) is 0 Å². The molecule has 2 aromatic rings. The largest absolute Gasteiger partial charge is 0.480 e. The van der Waals surface area contributed by atoms with Crippen LogP contribution in [0.1, 0.15) is 25.5 Å². The molecule has 1 unspecified atom stereocenters. The number of aromatic nitrogens is 1. The first kappa shape index (κ1) is 13.3. The van der Waals surface area contributed by atoms with E-state index in [1.807, 2.05) is 28.5 Å². The second kappa shape index (κ2) is 5.38. The summed E-state index contributed by atoms with van der Waals surface area (Å²) in [6, 6.07) is 5.71. The highest BCUT2D eigenvalue weighted by Gasteiger charge is 2.35. The molecule has 6 heteroatoms. The molecule has 106 valence electrons. The maximum atomic E-state index is 11.2. The number of carbonyl (C=O) groups is 1. The molecule has 1 N–H and O–H groups in total. The average Bonchev–Trinajstić information content (AvgIpc) is 2.93. The van der Waals surface area contributed by atoms with Gasteiger partial charge in [-0.15, -0.1) is 11.3 Å². The van der Waals surface area contributed by atoms with E-state index in [4.69, 9.17) is 4.52 Å². The Hall–Kier alpha value is -1.66. The van der Waals surface area contributed by atoms with E-state index in [1.54, 1.807) is 18.3 Å². The molecule has 0 spiro atoms. The van der Waals surface area contributed by atoms with Crippen LogP contribution < -0.4 is 0 Å². The van der Waals surface area contributed by atoms with Crippen LogP contribution in [-0.2, 0) is 11.3 Å². The van der Waals surface area contributed by atoms with Crippen LogP contribution in [-0.4, -0.2) is 33.2 Å². The first-order chi connectivity index (χ1) is 9.65. The molecule has 2 heterocycles. The van der Waals surface area contributed by atoms with Crippen molar-refractivity contribution in [2.75, 3.05) is 0 Å². The minimum absolute atomic E-state index is 0.364. The van der Waals surface area contributed by atoms with Crippen molar-refractivity contribution in [2.45, 2.75) is 38.4 Å². The maximum absolute atomic E-state index is 11.2. The molecule has 1 atom stereocenters. The summed E-state index contributed by atoms with van der Waals surface area (Å²) in [7, 11) is 0. The van der Waals surface area contributed by atoms with Crippen molar-refractivity contribution in [1.82, 2.24) is 10.1 Å². The van der Waals surface area contributed by atoms with Gasteiger partial charge >= 0.3 is 5.97 Å². The lowest BCUT2D eigenvalue weighted by Crippen LogP contribution is -2.40. The average molecular weight is 292 g/mol. The molecule has 20 heavy (non-hydrogen) atoms. The molecule has 2 aromatic heterocycles. The summed E-state index contributed by atoms with van der Waals surface area (Å²) in [5, 5.41) is 15.2. The Morgan fingerprint density at radius 3 is 3.05 bits per heavy atom. The van der Waals surface area contributed by atoms with Gasteiger partial charge in [0.25, 0.3) is 0 Å². The first-order valence-corrected chi connectivity index (χ1v) is 7.51. The minimum Gasteiger partial charge on any atom is -0.480 e. The molecular weight excluding hydrogens is 276 g/mol. The minimum atomic E-state index is -0.793. The Balaban J connectivity index is 1.74. The molecule has 0 saturated heterocycles. The number of thiophene rings is 1. The molecule has 3 rings (SSSR count). The molecular formula is C14H16N2O3S. The zero-order valence-electron chi connectivity index (χ0n) is 11.2. The van der Waals surface area contributed by atoms with E-state index in [-0.39, 0.29) is 0 Å². The third-order valence-electron chi connectivity index (χ3n) is 3.54. The molecule has 0 aliphatic heterocycles. The van der Waals surface area contributed by atoms with E-state index in [2.05, 4.69) is 5.16 Å². The monoisotopic (exact) mass is 292 g/mol. The van der Waals surface area contributed by atoms with Crippen molar-refractivity contribution < 1.29 is 14.4 Å². The summed E-state index contributed by atoms with van der Waals surface area (Å²) in [5.74, 6) is -0.0485. The molecule has 0 bridgehead atoms. The van der Waals surface area contributed by atoms with Crippen LogP contribution in [0.5, 0.6) is 0 Å². The molecule has 1 aliphatic rings. The number of aliphatic carboxylic acids is 1. The van der Waals surface area contributed by atoms with Crippen LogP contribution >= 0.6 is 11.3 Å². The lowest BCUT2D eigenvalue weighted by molar-refractivity contribution is -0.143. The SMILES string of the molecule is CC(C(=O)O)N(Cc1cc(-c2cccs2)on1)C1CC1. The van der Waals surface area contributed by atoms with E-state index >= 15 is 0 Å². The Labute approximate surface area is 120 Å². The summed E-state index contributed by atoms with van der Waals surface area (Å²) in [5.41, 5.74) is 0.786. The fourth-order valence-corrected chi connectivity index (χ4v) is 2.91.